The lowest BCUT2D eigenvalue weighted by atomic mass is 10.3. The predicted octanol–water partition coefficient (Wildman–Crippen LogP) is 2.75. The first-order valence-corrected chi connectivity index (χ1v) is 7.09. The number of aromatic nitrogens is 3. The van der Waals surface area contributed by atoms with E-state index in [1.54, 1.807) is 20.2 Å². The Labute approximate surface area is 125 Å². The molecule has 1 N–H and O–H groups in total. The van der Waals surface area contributed by atoms with Crippen LogP contribution in [0.3, 0.4) is 0 Å². The second kappa shape index (κ2) is 6.81. The van der Waals surface area contributed by atoms with Crippen molar-refractivity contribution in [1.29, 1.82) is 0 Å². The first-order valence-electron chi connectivity index (χ1n) is 6.29. The minimum atomic E-state index is -0.432. The standard InChI is InChI=1S/C13H16BrN3O3/c1-8(20-11(18)4-3-5-19-2)12-16-10-6-9(14)7-15-13(10)17-12/h6-8H,3-5H2,1-2H3,(H,15,16,17)/t8-/m0/s1. The van der Waals surface area contributed by atoms with Gasteiger partial charge in [0.25, 0.3) is 0 Å². The summed E-state index contributed by atoms with van der Waals surface area (Å²) in [6.45, 7) is 2.33. The van der Waals surface area contributed by atoms with Crippen LogP contribution in [0.1, 0.15) is 31.7 Å². The number of nitrogens with one attached hydrogen (secondary N) is 1. The number of ether oxygens (including phenoxy) is 2. The van der Waals surface area contributed by atoms with E-state index in [1.807, 2.05) is 6.07 Å². The summed E-state index contributed by atoms with van der Waals surface area (Å²) < 4.78 is 11.1. The van der Waals surface area contributed by atoms with Gasteiger partial charge in [-0.2, -0.15) is 0 Å². The van der Waals surface area contributed by atoms with Crippen LogP contribution in [0, 0.1) is 0 Å². The number of pyridine rings is 1. The number of esters is 1. The zero-order chi connectivity index (χ0) is 14.5. The van der Waals surface area contributed by atoms with Gasteiger partial charge in [-0.25, -0.2) is 9.97 Å². The Morgan fingerprint density at radius 2 is 2.35 bits per heavy atom. The zero-order valence-corrected chi connectivity index (χ0v) is 12.9. The van der Waals surface area contributed by atoms with Crippen LogP contribution in [-0.4, -0.2) is 34.6 Å². The smallest absolute Gasteiger partial charge is 0.306 e. The number of carbonyl (C=O) groups excluding carboxylic acids is 1. The van der Waals surface area contributed by atoms with E-state index in [0.29, 0.717) is 30.9 Å². The van der Waals surface area contributed by atoms with Gasteiger partial charge in [-0.3, -0.25) is 4.79 Å². The fraction of sp³-hybridized carbons (Fsp3) is 0.462. The van der Waals surface area contributed by atoms with Crippen LogP contribution in [0.2, 0.25) is 0 Å². The van der Waals surface area contributed by atoms with Crippen LogP contribution in [0.15, 0.2) is 16.7 Å². The number of halogens is 1. The summed E-state index contributed by atoms with van der Waals surface area (Å²) in [5.74, 6) is 0.329. The van der Waals surface area contributed by atoms with Gasteiger partial charge in [0, 0.05) is 30.8 Å². The highest BCUT2D eigenvalue weighted by Crippen LogP contribution is 2.20. The summed E-state index contributed by atoms with van der Waals surface area (Å²) in [5.41, 5.74) is 1.40. The molecule has 20 heavy (non-hydrogen) atoms. The molecule has 0 fully saturated rings. The van der Waals surface area contributed by atoms with E-state index >= 15 is 0 Å². The first-order chi connectivity index (χ1) is 9.60. The summed E-state index contributed by atoms with van der Waals surface area (Å²) in [4.78, 5) is 23.2. The number of methoxy groups -OCH3 is 1. The van der Waals surface area contributed by atoms with E-state index in [-0.39, 0.29) is 5.97 Å². The van der Waals surface area contributed by atoms with E-state index in [9.17, 15) is 4.79 Å². The normalized spacial score (nSPS) is 12.6. The van der Waals surface area contributed by atoms with Gasteiger partial charge >= 0.3 is 5.97 Å². The van der Waals surface area contributed by atoms with Crippen LogP contribution in [0.5, 0.6) is 0 Å². The maximum absolute atomic E-state index is 11.6. The average molecular weight is 342 g/mol. The van der Waals surface area contributed by atoms with Crippen molar-refractivity contribution in [2.75, 3.05) is 13.7 Å². The SMILES string of the molecule is COCCCC(=O)O[C@@H](C)c1nc2ncc(Br)cc2[nH]1. The van der Waals surface area contributed by atoms with E-state index in [1.165, 1.54) is 0 Å². The third-order valence-electron chi connectivity index (χ3n) is 2.75. The van der Waals surface area contributed by atoms with Gasteiger partial charge < -0.3 is 14.5 Å². The lowest BCUT2D eigenvalue weighted by Gasteiger charge is -2.10. The van der Waals surface area contributed by atoms with Gasteiger partial charge in [-0.15, -0.1) is 0 Å². The molecule has 0 spiro atoms. The number of imidazole rings is 1. The molecular weight excluding hydrogens is 326 g/mol. The van der Waals surface area contributed by atoms with Crippen LogP contribution in [0.25, 0.3) is 11.2 Å². The number of aromatic amines is 1. The van der Waals surface area contributed by atoms with Crippen molar-refractivity contribution < 1.29 is 14.3 Å². The van der Waals surface area contributed by atoms with Crippen molar-refractivity contribution in [3.63, 3.8) is 0 Å². The van der Waals surface area contributed by atoms with Gasteiger partial charge in [-0.05, 0) is 35.3 Å². The van der Waals surface area contributed by atoms with Crippen LogP contribution >= 0.6 is 15.9 Å². The molecule has 0 radical (unpaired) electrons. The van der Waals surface area contributed by atoms with Gasteiger partial charge in [-0.1, -0.05) is 0 Å². The number of rotatable bonds is 6. The Hall–Kier alpha value is -1.47. The summed E-state index contributed by atoms with van der Waals surface area (Å²) in [7, 11) is 1.60. The van der Waals surface area contributed by atoms with Gasteiger partial charge in [0.1, 0.15) is 5.82 Å². The van der Waals surface area contributed by atoms with Gasteiger partial charge in [0.15, 0.2) is 11.8 Å². The molecule has 0 aliphatic carbocycles. The van der Waals surface area contributed by atoms with Crippen molar-refractivity contribution in [1.82, 2.24) is 15.0 Å². The van der Waals surface area contributed by atoms with Crippen LogP contribution in [-0.2, 0) is 14.3 Å². The van der Waals surface area contributed by atoms with E-state index in [4.69, 9.17) is 9.47 Å². The van der Waals surface area contributed by atoms with Gasteiger partial charge in [0.05, 0.1) is 5.52 Å². The summed E-state index contributed by atoms with van der Waals surface area (Å²) in [6.07, 6.45) is 2.23. The molecule has 2 aromatic heterocycles. The average Bonchev–Trinajstić information content (AvgIpc) is 2.82. The molecule has 0 saturated carbocycles. The highest BCUT2D eigenvalue weighted by molar-refractivity contribution is 9.10. The summed E-state index contributed by atoms with van der Waals surface area (Å²) >= 11 is 3.35. The van der Waals surface area contributed by atoms with E-state index in [2.05, 4.69) is 30.9 Å². The van der Waals surface area contributed by atoms with E-state index < -0.39 is 6.10 Å². The quantitative estimate of drug-likeness (QED) is 0.645. The molecule has 0 amide bonds. The lowest BCUT2D eigenvalue weighted by Crippen LogP contribution is -2.10. The molecule has 7 heteroatoms. The van der Waals surface area contributed by atoms with Crippen molar-refractivity contribution in [2.24, 2.45) is 0 Å². The monoisotopic (exact) mass is 341 g/mol. The first kappa shape index (κ1) is 14.9. The Kier molecular flexibility index (Phi) is 5.08. The Morgan fingerprint density at radius 1 is 1.55 bits per heavy atom. The minimum Gasteiger partial charge on any atom is -0.454 e. The molecule has 1 atom stereocenters. The molecule has 2 heterocycles. The van der Waals surface area contributed by atoms with Crippen molar-refractivity contribution in [3.05, 3.63) is 22.6 Å². The number of fused-ring (bicyclic) bond motifs is 1. The second-order valence-electron chi connectivity index (χ2n) is 4.38. The van der Waals surface area contributed by atoms with Crippen molar-refractivity contribution in [2.45, 2.75) is 25.9 Å². The number of nitrogens with zero attached hydrogens (tertiary/aromatic N) is 2. The van der Waals surface area contributed by atoms with Crippen LogP contribution < -0.4 is 0 Å². The Morgan fingerprint density at radius 3 is 3.10 bits per heavy atom. The topological polar surface area (TPSA) is 77.1 Å². The Bertz CT molecular complexity index is 600. The largest absolute Gasteiger partial charge is 0.454 e. The molecule has 0 bridgehead atoms. The number of carbonyl (C=O) groups is 1. The molecule has 6 nitrogen and oxygen atoms in total. The van der Waals surface area contributed by atoms with Crippen molar-refractivity contribution >= 4 is 33.1 Å². The summed E-state index contributed by atoms with van der Waals surface area (Å²) in [6, 6.07) is 1.88. The van der Waals surface area contributed by atoms with E-state index in [0.717, 1.165) is 9.99 Å². The van der Waals surface area contributed by atoms with Crippen molar-refractivity contribution in [3.8, 4) is 0 Å². The lowest BCUT2D eigenvalue weighted by molar-refractivity contribution is -0.149. The fourth-order valence-electron chi connectivity index (χ4n) is 1.76. The number of hydrogen-bond donors (Lipinski definition) is 1. The maximum atomic E-state index is 11.6. The molecule has 0 unspecified atom stereocenters. The van der Waals surface area contributed by atoms with Crippen LogP contribution in [0.4, 0.5) is 0 Å². The molecule has 0 aliphatic rings. The molecular formula is C13H16BrN3O3. The molecule has 2 rings (SSSR count). The molecule has 0 aromatic carbocycles. The third kappa shape index (κ3) is 3.77. The number of hydrogen-bond acceptors (Lipinski definition) is 5. The summed E-state index contributed by atoms with van der Waals surface area (Å²) in [5, 5.41) is 0. The predicted molar refractivity (Wildman–Crippen MR) is 77.2 cm³/mol. The second-order valence-corrected chi connectivity index (χ2v) is 5.29. The molecule has 2 aromatic rings. The highest BCUT2D eigenvalue weighted by atomic mass is 79.9. The molecule has 108 valence electrons. The minimum absolute atomic E-state index is 0.260. The Balaban J connectivity index is 2.00. The molecule has 0 aliphatic heterocycles. The number of H-pyrrole nitrogens is 1. The maximum Gasteiger partial charge on any atom is 0.306 e. The fourth-order valence-corrected chi connectivity index (χ4v) is 2.09. The van der Waals surface area contributed by atoms with Gasteiger partial charge in [0.2, 0.25) is 0 Å². The zero-order valence-electron chi connectivity index (χ0n) is 11.4. The highest BCUT2D eigenvalue weighted by Gasteiger charge is 2.16. The molecule has 0 saturated heterocycles. The third-order valence-corrected chi connectivity index (χ3v) is 3.18.